The van der Waals surface area contributed by atoms with Crippen LogP contribution in [0.4, 0.5) is 4.39 Å². The van der Waals surface area contributed by atoms with Gasteiger partial charge in [-0.3, -0.25) is 4.79 Å². The maximum Gasteiger partial charge on any atom is 0.251 e. The Bertz CT molecular complexity index is 944. The lowest BCUT2D eigenvalue weighted by atomic mass is 10.2. The van der Waals surface area contributed by atoms with Crippen molar-refractivity contribution in [3.05, 3.63) is 60.0 Å². The molecule has 2 aromatic carbocycles. The molecule has 8 heteroatoms. The fourth-order valence-electron chi connectivity index (χ4n) is 2.54. The van der Waals surface area contributed by atoms with Gasteiger partial charge >= 0.3 is 0 Å². The number of hydrogen-bond donors (Lipinski definition) is 2. The Hall–Kier alpha value is -3.00. The van der Waals surface area contributed by atoms with Gasteiger partial charge in [0.25, 0.3) is 5.91 Å². The third kappa shape index (κ3) is 4.83. The number of carbonyl (C=O) groups excluding carboxylic acids is 1. The van der Waals surface area contributed by atoms with Crippen molar-refractivity contribution in [1.82, 2.24) is 15.3 Å². The van der Waals surface area contributed by atoms with Crippen molar-refractivity contribution >= 4 is 17.7 Å². The molecule has 0 aliphatic heterocycles. The maximum absolute atomic E-state index is 13.0. The summed E-state index contributed by atoms with van der Waals surface area (Å²) in [7, 11) is 3.07. The summed E-state index contributed by atoms with van der Waals surface area (Å²) >= 11 is 1.49. The molecule has 0 spiro atoms. The van der Waals surface area contributed by atoms with E-state index >= 15 is 0 Å². The van der Waals surface area contributed by atoms with Crippen LogP contribution in [0.5, 0.6) is 11.5 Å². The minimum atomic E-state index is -0.275. The molecule has 3 aromatic rings. The first kappa shape index (κ1) is 19.8. The van der Waals surface area contributed by atoms with Crippen LogP contribution in [0.25, 0.3) is 11.3 Å². The lowest BCUT2D eigenvalue weighted by Gasteiger charge is -2.09. The summed E-state index contributed by atoms with van der Waals surface area (Å²) in [6, 6.07) is 11.2. The molecule has 0 saturated heterocycles. The number of rotatable bonds is 8. The molecule has 28 heavy (non-hydrogen) atoms. The summed E-state index contributed by atoms with van der Waals surface area (Å²) in [4.78, 5) is 19.8. The zero-order chi connectivity index (χ0) is 19.9. The third-order valence-electron chi connectivity index (χ3n) is 3.98. The maximum atomic E-state index is 13.0. The van der Waals surface area contributed by atoms with E-state index in [1.165, 1.54) is 31.0 Å². The first-order valence-electron chi connectivity index (χ1n) is 8.54. The topological polar surface area (TPSA) is 76.2 Å². The van der Waals surface area contributed by atoms with Crippen LogP contribution in [0.15, 0.2) is 53.8 Å². The molecule has 0 bridgehead atoms. The Labute approximate surface area is 166 Å². The highest BCUT2D eigenvalue weighted by Crippen LogP contribution is 2.27. The van der Waals surface area contributed by atoms with Crippen LogP contribution in [0.3, 0.4) is 0 Å². The zero-order valence-electron chi connectivity index (χ0n) is 15.5. The number of aromatic amines is 1. The Balaban J connectivity index is 1.49. The Morgan fingerprint density at radius 2 is 1.89 bits per heavy atom. The second-order valence-electron chi connectivity index (χ2n) is 5.78. The summed E-state index contributed by atoms with van der Waals surface area (Å²) in [5.74, 6) is 1.27. The number of nitrogens with one attached hydrogen (secondary N) is 2. The van der Waals surface area contributed by atoms with E-state index in [4.69, 9.17) is 9.47 Å². The SMILES string of the molecule is COc1ccc(C(=O)NCCSc2ncc(-c3ccc(F)cc3)[nH]2)cc1OC. The number of imidazole rings is 1. The molecule has 0 atom stereocenters. The average molecular weight is 401 g/mol. The minimum absolute atomic E-state index is 0.187. The molecule has 0 aliphatic rings. The molecule has 0 aliphatic carbocycles. The van der Waals surface area contributed by atoms with Crippen molar-refractivity contribution in [1.29, 1.82) is 0 Å². The fourth-order valence-corrected chi connectivity index (χ4v) is 3.25. The van der Waals surface area contributed by atoms with Crippen LogP contribution in [-0.2, 0) is 0 Å². The molecule has 146 valence electrons. The largest absolute Gasteiger partial charge is 0.493 e. The molecule has 0 fully saturated rings. The fraction of sp³-hybridized carbons (Fsp3) is 0.200. The number of methoxy groups -OCH3 is 2. The number of ether oxygens (including phenoxy) is 2. The van der Waals surface area contributed by atoms with Crippen molar-refractivity contribution in [3.8, 4) is 22.8 Å². The predicted molar refractivity (Wildman–Crippen MR) is 107 cm³/mol. The van der Waals surface area contributed by atoms with Crippen LogP contribution >= 0.6 is 11.8 Å². The number of amides is 1. The minimum Gasteiger partial charge on any atom is -0.493 e. The van der Waals surface area contributed by atoms with Gasteiger partial charge in [-0.1, -0.05) is 11.8 Å². The van der Waals surface area contributed by atoms with Gasteiger partial charge in [0, 0.05) is 17.9 Å². The second-order valence-corrected chi connectivity index (χ2v) is 6.87. The van der Waals surface area contributed by atoms with Gasteiger partial charge in [-0.25, -0.2) is 9.37 Å². The van der Waals surface area contributed by atoms with Gasteiger partial charge in [-0.15, -0.1) is 0 Å². The summed E-state index contributed by atoms with van der Waals surface area (Å²) < 4.78 is 23.4. The molecule has 0 radical (unpaired) electrons. The van der Waals surface area contributed by atoms with Gasteiger partial charge < -0.3 is 19.8 Å². The Morgan fingerprint density at radius 3 is 2.61 bits per heavy atom. The quantitative estimate of drug-likeness (QED) is 0.444. The number of H-pyrrole nitrogens is 1. The number of halogens is 1. The zero-order valence-corrected chi connectivity index (χ0v) is 16.3. The molecule has 1 amide bonds. The van der Waals surface area contributed by atoms with Crippen molar-refractivity contribution in [3.63, 3.8) is 0 Å². The highest BCUT2D eigenvalue weighted by molar-refractivity contribution is 7.99. The molecule has 6 nitrogen and oxygen atoms in total. The predicted octanol–water partition coefficient (Wildman–Crippen LogP) is 3.76. The Morgan fingerprint density at radius 1 is 1.14 bits per heavy atom. The summed E-state index contributed by atoms with van der Waals surface area (Å²) in [6.07, 6.45) is 1.71. The summed E-state index contributed by atoms with van der Waals surface area (Å²) in [6.45, 7) is 0.477. The van der Waals surface area contributed by atoms with E-state index in [2.05, 4.69) is 15.3 Å². The van der Waals surface area contributed by atoms with Crippen LogP contribution in [0.2, 0.25) is 0 Å². The molecule has 0 unspecified atom stereocenters. The number of nitrogens with zero attached hydrogens (tertiary/aromatic N) is 1. The first-order chi connectivity index (χ1) is 13.6. The van der Waals surface area contributed by atoms with Crippen molar-refractivity contribution in [2.24, 2.45) is 0 Å². The highest BCUT2D eigenvalue weighted by atomic mass is 32.2. The van der Waals surface area contributed by atoms with E-state index < -0.39 is 0 Å². The van der Waals surface area contributed by atoms with E-state index in [0.29, 0.717) is 29.4 Å². The van der Waals surface area contributed by atoms with E-state index in [9.17, 15) is 9.18 Å². The van der Waals surface area contributed by atoms with Gasteiger partial charge in [-0.2, -0.15) is 0 Å². The van der Waals surface area contributed by atoms with E-state index in [1.807, 2.05) is 0 Å². The normalized spacial score (nSPS) is 10.5. The van der Waals surface area contributed by atoms with Crippen molar-refractivity contribution < 1.29 is 18.7 Å². The van der Waals surface area contributed by atoms with E-state index in [0.717, 1.165) is 16.4 Å². The molecule has 1 aromatic heterocycles. The highest BCUT2D eigenvalue weighted by Gasteiger charge is 2.10. The van der Waals surface area contributed by atoms with Crippen molar-refractivity contribution in [2.45, 2.75) is 5.16 Å². The van der Waals surface area contributed by atoms with Crippen LogP contribution < -0.4 is 14.8 Å². The smallest absolute Gasteiger partial charge is 0.251 e. The van der Waals surface area contributed by atoms with Gasteiger partial charge in [0.05, 0.1) is 26.1 Å². The summed E-state index contributed by atoms with van der Waals surface area (Å²) in [5.41, 5.74) is 2.18. The van der Waals surface area contributed by atoms with Gasteiger partial charge in [0.1, 0.15) is 5.82 Å². The van der Waals surface area contributed by atoms with Crippen LogP contribution in [0.1, 0.15) is 10.4 Å². The Kier molecular flexibility index (Phi) is 6.54. The monoisotopic (exact) mass is 401 g/mol. The van der Waals surface area contributed by atoms with Crippen LogP contribution in [0, 0.1) is 5.82 Å². The summed E-state index contributed by atoms with van der Waals surface area (Å²) in [5, 5.41) is 3.60. The third-order valence-corrected chi connectivity index (χ3v) is 4.87. The molecule has 0 saturated carbocycles. The van der Waals surface area contributed by atoms with Gasteiger partial charge in [-0.05, 0) is 48.0 Å². The second kappa shape index (κ2) is 9.27. The van der Waals surface area contributed by atoms with E-state index in [-0.39, 0.29) is 11.7 Å². The lowest BCUT2D eigenvalue weighted by molar-refractivity contribution is 0.0955. The number of carbonyl (C=O) groups is 1. The van der Waals surface area contributed by atoms with Gasteiger partial charge in [0.2, 0.25) is 0 Å². The van der Waals surface area contributed by atoms with Gasteiger partial charge in [0.15, 0.2) is 16.7 Å². The standard InChI is InChI=1S/C20H20FN3O3S/c1-26-17-8-5-14(11-18(17)27-2)19(25)22-9-10-28-20-23-12-16(24-20)13-3-6-15(21)7-4-13/h3-8,11-12H,9-10H2,1-2H3,(H,22,25)(H,23,24). The van der Waals surface area contributed by atoms with Crippen molar-refractivity contribution in [2.75, 3.05) is 26.5 Å². The molecule has 1 heterocycles. The van der Waals surface area contributed by atoms with Crippen LogP contribution in [-0.4, -0.2) is 42.4 Å². The number of thioether (sulfide) groups is 1. The molecular weight excluding hydrogens is 381 g/mol. The number of aromatic nitrogens is 2. The molecule has 3 rings (SSSR count). The first-order valence-corrected chi connectivity index (χ1v) is 9.53. The van der Waals surface area contributed by atoms with E-state index in [1.54, 1.807) is 43.6 Å². The average Bonchev–Trinajstić information content (AvgIpc) is 3.20. The molecule has 2 N–H and O–H groups in total. The number of hydrogen-bond acceptors (Lipinski definition) is 5. The number of benzene rings is 2. The molecular formula is C20H20FN3O3S. The lowest BCUT2D eigenvalue weighted by Crippen LogP contribution is -2.25.